The number of rotatable bonds is 6. The summed E-state index contributed by atoms with van der Waals surface area (Å²) in [6.45, 7) is 4.46. The Labute approximate surface area is 160 Å². The summed E-state index contributed by atoms with van der Waals surface area (Å²) in [7, 11) is 0. The van der Waals surface area contributed by atoms with Gasteiger partial charge in [-0.3, -0.25) is 4.79 Å². The molecule has 0 radical (unpaired) electrons. The van der Waals surface area contributed by atoms with Crippen LogP contribution in [-0.2, 0) is 0 Å². The van der Waals surface area contributed by atoms with Gasteiger partial charge in [0.05, 0.1) is 20.8 Å². The molecule has 0 aliphatic rings. The van der Waals surface area contributed by atoms with Crippen LogP contribution in [0.15, 0.2) is 46.8 Å². The van der Waals surface area contributed by atoms with Crippen molar-refractivity contribution in [3.63, 3.8) is 0 Å². The second-order valence-corrected chi connectivity index (χ2v) is 8.91. The van der Waals surface area contributed by atoms with Gasteiger partial charge in [-0.2, -0.15) is 0 Å². The third-order valence-electron chi connectivity index (χ3n) is 3.67. The minimum absolute atomic E-state index is 0.207. The van der Waals surface area contributed by atoms with Crippen LogP contribution in [0, 0.1) is 5.92 Å². The Morgan fingerprint density at radius 1 is 1.28 bits per heavy atom. The number of nitrogens with one attached hydrogen (secondary N) is 1. The molecule has 0 saturated carbocycles. The first kappa shape index (κ1) is 18.2. The van der Waals surface area contributed by atoms with Gasteiger partial charge in [-0.1, -0.05) is 49.3 Å². The van der Waals surface area contributed by atoms with Crippen LogP contribution in [0.3, 0.4) is 0 Å². The molecule has 0 bridgehead atoms. The molecule has 6 heteroatoms. The van der Waals surface area contributed by atoms with E-state index in [1.807, 2.05) is 18.2 Å². The fourth-order valence-electron chi connectivity index (χ4n) is 2.27. The van der Waals surface area contributed by atoms with Crippen molar-refractivity contribution in [3.05, 3.63) is 53.1 Å². The number of carbonyl (C=O) groups excluding carboxylic acids is 1. The Kier molecular flexibility index (Phi) is 5.99. The van der Waals surface area contributed by atoms with Crippen LogP contribution < -0.4 is 5.32 Å². The fraction of sp³-hybridized carbons (Fsp3) is 0.263. The summed E-state index contributed by atoms with van der Waals surface area (Å²) < 4.78 is 2.15. The molecule has 0 fully saturated rings. The molecular formula is C19H19ClN2OS2. The zero-order valence-electron chi connectivity index (χ0n) is 14.1. The predicted molar refractivity (Wildman–Crippen MR) is 109 cm³/mol. The maximum Gasteiger partial charge on any atom is 0.257 e. The van der Waals surface area contributed by atoms with Crippen molar-refractivity contribution in [2.75, 3.05) is 11.1 Å². The van der Waals surface area contributed by atoms with Crippen LogP contribution in [0.1, 0.15) is 30.6 Å². The van der Waals surface area contributed by atoms with Gasteiger partial charge in [-0.15, -0.1) is 11.3 Å². The Morgan fingerprint density at radius 3 is 2.84 bits per heavy atom. The second kappa shape index (κ2) is 8.21. The number of carbonyl (C=O) groups is 1. The molecule has 3 aromatic rings. The average Bonchev–Trinajstić information content (AvgIpc) is 2.96. The molecule has 0 saturated heterocycles. The summed E-state index contributed by atoms with van der Waals surface area (Å²) >= 11 is 9.54. The van der Waals surface area contributed by atoms with E-state index in [9.17, 15) is 4.79 Å². The summed E-state index contributed by atoms with van der Waals surface area (Å²) in [6.07, 6.45) is 1.18. The van der Waals surface area contributed by atoms with Gasteiger partial charge in [0.1, 0.15) is 0 Å². The van der Waals surface area contributed by atoms with E-state index in [0.29, 0.717) is 16.5 Å². The third kappa shape index (κ3) is 4.75. The highest BCUT2D eigenvalue weighted by molar-refractivity contribution is 8.01. The number of anilines is 1. The summed E-state index contributed by atoms with van der Waals surface area (Å²) in [5.41, 5.74) is 2.19. The lowest BCUT2D eigenvalue weighted by molar-refractivity contribution is 0.102. The van der Waals surface area contributed by atoms with Crippen LogP contribution in [0.25, 0.3) is 10.2 Å². The monoisotopic (exact) mass is 390 g/mol. The highest BCUT2D eigenvalue weighted by atomic mass is 35.5. The van der Waals surface area contributed by atoms with E-state index < -0.39 is 0 Å². The summed E-state index contributed by atoms with van der Waals surface area (Å²) in [6, 6.07) is 12.8. The van der Waals surface area contributed by atoms with Crippen LogP contribution in [0.5, 0.6) is 0 Å². The molecule has 1 aromatic heterocycles. The van der Waals surface area contributed by atoms with Gasteiger partial charge in [0.15, 0.2) is 4.34 Å². The summed E-state index contributed by atoms with van der Waals surface area (Å²) in [4.78, 5) is 17.0. The molecule has 1 heterocycles. The van der Waals surface area contributed by atoms with Gasteiger partial charge in [0, 0.05) is 11.4 Å². The number of nitrogens with zero attached hydrogens (tertiary/aromatic N) is 1. The zero-order valence-corrected chi connectivity index (χ0v) is 16.5. The molecule has 3 nitrogen and oxygen atoms in total. The fourth-order valence-corrected chi connectivity index (χ4v) is 4.91. The van der Waals surface area contributed by atoms with Crippen molar-refractivity contribution < 1.29 is 4.79 Å². The number of thioether (sulfide) groups is 1. The number of hydrogen-bond acceptors (Lipinski definition) is 4. The second-order valence-electron chi connectivity index (χ2n) is 6.13. The molecule has 25 heavy (non-hydrogen) atoms. The Morgan fingerprint density at radius 2 is 2.08 bits per heavy atom. The van der Waals surface area contributed by atoms with Gasteiger partial charge in [0.2, 0.25) is 0 Å². The molecular weight excluding hydrogens is 372 g/mol. The Hall–Kier alpha value is -1.56. The molecule has 130 valence electrons. The molecule has 2 aromatic carbocycles. The van der Waals surface area contributed by atoms with E-state index >= 15 is 0 Å². The van der Waals surface area contributed by atoms with Gasteiger partial charge in [-0.05, 0) is 42.7 Å². The first-order valence-corrected chi connectivity index (χ1v) is 10.3. The third-order valence-corrected chi connectivity index (χ3v) is 6.19. The number of benzene rings is 2. The molecule has 0 atom stereocenters. The number of amides is 1. The molecule has 0 aliphatic heterocycles. The molecule has 3 rings (SSSR count). The first-order valence-electron chi connectivity index (χ1n) is 8.12. The van der Waals surface area contributed by atoms with Crippen molar-refractivity contribution in [2.24, 2.45) is 5.92 Å². The van der Waals surface area contributed by atoms with Crippen molar-refractivity contribution in [1.29, 1.82) is 0 Å². The van der Waals surface area contributed by atoms with Crippen molar-refractivity contribution in [2.45, 2.75) is 24.6 Å². The van der Waals surface area contributed by atoms with Crippen LogP contribution >= 0.6 is 34.7 Å². The largest absolute Gasteiger partial charge is 0.322 e. The van der Waals surface area contributed by atoms with Gasteiger partial charge in [-0.25, -0.2) is 4.98 Å². The van der Waals surface area contributed by atoms with Gasteiger partial charge >= 0.3 is 0 Å². The number of hydrogen-bond donors (Lipinski definition) is 1. The number of fused-ring (bicyclic) bond motifs is 1. The van der Waals surface area contributed by atoms with Crippen LogP contribution in [-0.4, -0.2) is 16.6 Å². The number of thiazole rings is 1. The summed E-state index contributed by atoms with van der Waals surface area (Å²) in [5.74, 6) is 1.57. The number of halogens is 1. The molecule has 0 spiro atoms. The minimum Gasteiger partial charge on any atom is -0.322 e. The van der Waals surface area contributed by atoms with Gasteiger partial charge in [0.25, 0.3) is 5.91 Å². The van der Waals surface area contributed by atoms with Gasteiger partial charge < -0.3 is 5.32 Å². The minimum atomic E-state index is -0.207. The van der Waals surface area contributed by atoms with E-state index in [2.05, 4.69) is 24.1 Å². The normalized spacial score (nSPS) is 11.2. The maximum absolute atomic E-state index is 12.4. The quantitative estimate of drug-likeness (QED) is 0.499. The number of aromatic nitrogens is 1. The lowest BCUT2D eigenvalue weighted by atomic mass is 10.2. The van der Waals surface area contributed by atoms with E-state index in [1.54, 1.807) is 47.4 Å². The van der Waals surface area contributed by atoms with Crippen molar-refractivity contribution in [1.82, 2.24) is 4.98 Å². The SMILES string of the molecule is CC(C)CCSc1nc2ccc(NC(=O)c3ccccc3Cl)cc2s1. The highest BCUT2D eigenvalue weighted by Crippen LogP contribution is 2.32. The van der Waals surface area contributed by atoms with E-state index in [0.717, 1.165) is 26.0 Å². The summed E-state index contributed by atoms with van der Waals surface area (Å²) in [5, 5.41) is 3.35. The smallest absolute Gasteiger partial charge is 0.257 e. The zero-order chi connectivity index (χ0) is 17.8. The van der Waals surface area contributed by atoms with E-state index in [-0.39, 0.29) is 5.91 Å². The van der Waals surface area contributed by atoms with Crippen LogP contribution in [0.2, 0.25) is 5.02 Å². The van der Waals surface area contributed by atoms with Crippen molar-refractivity contribution in [3.8, 4) is 0 Å². The lowest BCUT2D eigenvalue weighted by Gasteiger charge is -2.06. The van der Waals surface area contributed by atoms with Crippen molar-refractivity contribution >= 4 is 56.5 Å². The highest BCUT2D eigenvalue weighted by Gasteiger charge is 2.11. The molecule has 0 aliphatic carbocycles. The maximum atomic E-state index is 12.4. The molecule has 0 unspecified atom stereocenters. The van der Waals surface area contributed by atoms with E-state index in [4.69, 9.17) is 11.6 Å². The van der Waals surface area contributed by atoms with Crippen LogP contribution in [0.4, 0.5) is 5.69 Å². The topological polar surface area (TPSA) is 42.0 Å². The Balaban J connectivity index is 1.72. The standard InChI is InChI=1S/C19H19ClN2OS2/c1-12(2)9-10-24-19-22-16-8-7-13(11-17(16)25-19)21-18(23)14-5-3-4-6-15(14)20/h3-8,11-12H,9-10H2,1-2H3,(H,21,23). The lowest BCUT2D eigenvalue weighted by Crippen LogP contribution is -2.12. The average molecular weight is 391 g/mol. The van der Waals surface area contributed by atoms with E-state index in [1.165, 1.54) is 6.42 Å². The first-order chi connectivity index (χ1) is 12.0. The molecule has 1 N–H and O–H groups in total. The predicted octanol–water partition coefficient (Wildman–Crippen LogP) is 6.34. The molecule has 1 amide bonds. The Bertz CT molecular complexity index is 892.